The second-order valence-electron chi connectivity index (χ2n) is 5.05. The summed E-state index contributed by atoms with van der Waals surface area (Å²) in [4.78, 5) is 18.0. The van der Waals surface area contributed by atoms with E-state index in [0.717, 1.165) is 12.0 Å². The Morgan fingerprint density at radius 2 is 1.95 bits per heavy atom. The Bertz CT molecular complexity index is 583. The van der Waals surface area contributed by atoms with E-state index >= 15 is 0 Å². The number of halogens is 1. The number of hydrogen-bond donors (Lipinski definition) is 0. The number of amides is 1. The number of pyridine rings is 1. The molecular weight excluding hydrogens is 267 g/mol. The van der Waals surface area contributed by atoms with Crippen LogP contribution in [0.4, 0.5) is 4.39 Å². The van der Waals surface area contributed by atoms with Gasteiger partial charge in [0.05, 0.1) is 5.56 Å². The molecule has 1 heterocycles. The van der Waals surface area contributed by atoms with Crippen LogP contribution in [0.1, 0.15) is 36.2 Å². The van der Waals surface area contributed by atoms with Crippen LogP contribution in [0.15, 0.2) is 48.7 Å². The lowest BCUT2D eigenvalue weighted by atomic mass is 10.1. The predicted molar refractivity (Wildman–Crippen MR) is 80.3 cm³/mol. The summed E-state index contributed by atoms with van der Waals surface area (Å²) in [6.45, 7) is 4.59. The molecule has 0 aliphatic rings. The molecule has 0 aliphatic carbocycles. The van der Waals surface area contributed by atoms with Gasteiger partial charge in [0.15, 0.2) is 0 Å². The first-order valence-electron chi connectivity index (χ1n) is 7.08. The maximum atomic E-state index is 12.9. The Labute approximate surface area is 124 Å². The van der Waals surface area contributed by atoms with E-state index in [1.54, 1.807) is 4.90 Å². The van der Waals surface area contributed by atoms with Gasteiger partial charge in [0.25, 0.3) is 5.91 Å². The Morgan fingerprint density at radius 3 is 2.52 bits per heavy atom. The third-order valence-electron chi connectivity index (χ3n) is 3.55. The highest BCUT2D eigenvalue weighted by Crippen LogP contribution is 2.15. The van der Waals surface area contributed by atoms with Crippen molar-refractivity contribution in [2.75, 3.05) is 0 Å². The highest BCUT2D eigenvalue weighted by Gasteiger charge is 2.21. The van der Waals surface area contributed by atoms with Crippen molar-refractivity contribution in [2.24, 2.45) is 0 Å². The molecular formula is C17H19FN2O. The third kappa shape index (κ3) is 3.88. The van der Waals surface area contributed by atoms with E-state index in [2.05, 4.69) is 4.98 Å². The minimum Gasteiger partial charge on any atom is -0.332 e. The van der Waals surface area contributed by atoms with E-state index < -0.39 is 5.95 Å². The van der Waals surface area contributed by atoms with Crippen molar-refractivity contribution in [3.63, 3.8) is 0 Å². The van der Waals surface area contributed by atoms with Crippen molar-refractivity contribution in [2.45, 2.75) is 32.9 Å². The third-order valence-corrected chi connectivity index (χ3v) is 3.55. The molecule has 0 saturated heterocycles. The second kappa shape index (κ2) is 6.97. The lowest BCUT2D eigenvalue weighted by Crippen LogP contribution is -2.37. The van der Waals surface area contributed by atoms with Crippen molar-refractivity contribution in [3.8, 4) is 0 Å². The lowest BCUT2D eigenvalue weighted by Gasteiger charge is -2.28. The number of aromatic nitrogens is 1. The summed E-state index contributed by atoms with van der Waals surface area (Å²) in [5.74, 6) is -0.703. The Kier molecular flexibility index (Phi) is 5.04. The number of benzene rings is 1. The van der Waals surface area contributed by atoms with Crippen LogP contribution >= 0.6 is 0 Å². The normalized spacial score (nSPS) is 12.0. The lowest BCUT2D eigenvalue weighted by molar-refractivity contribution is 0.0671. The van der Waals surface area contributed by atoms with E-state index in [1.165, 1.54) is 18.3 Å². The fraction of sp³-hybridized carbons (Fsp3) is 0.294. The molecule has 0 bridgehead atoms. The quantitative estimate of drug-likeness (QED) is 0.786. The minimum atomic E-state index is -0.579. The van der Waals surface area contributed by atoms with E-state index in [4.69, 9.17) is 0 Å². The van der Waals surface area contributed by atoms with Gasteiger partial charge in [-0.1, -0.05) is 37.3 Å². The average Bonchev–Trinajstić information content (AvgIpc) is 2.53. The SMILES string of the molecule is CCC(C)N(Cc1ccccc1)C(=O)c1ccc(F)nc1. The average molecular weight is 286 g/mol. The number of nitrogens with zero attached hydrogens (tertiary/aromatic N) is 2. The van der Waals surface area contributed by atoms with Crippen LogP contribution < -0.4 is 0 Å². The van der Waals surface area contributed by atoms with Gasteiger partial charge in [0.1, 0.15) is 0 Å². The van der Waals surface area contributed by atoms with E-state index in [9.17, 15) is 9.18 Å². The maximum absolute atomic E-state index is 12.9. The zero-order valence-electron chi connectivity index (χ0n) is 12.3. The number of hydrogen-bond acceptors (Lipinski definition) is 2. The summed E-state index contributed by atoms with van der Waals surface area (Å²) < 4.78 is 12.9. The molecule has 3 nitrogen and oxygen atoms in total. The summed E-state index contributed by atoms with van der Waals surface area (Å²) in [5, 5.41) is 0. The standard InChI is InChI=1S/C17H19FN2O/c1-3-13(2)20(12-14-7-5-4-6-8-14)17(21)15-9-10-16(18)19-11-15/h4-11,13H,3,12H2,1-2H3. The van der Waals surface area contributed by atoms with Crippen LogP contribution in [0.5, 0.6) is 0 Å². The smallest absolute Gasteiger partial charge is 0.255 e. The molecule has 0 saturated carbocycles. The van der Waals surface area contributed by atoms with Crippen molar-refractivity contribution < 1.29 is 9.18 Å². The Balaban J connectivity index is 2.23. The molecule has 0 aliphatic heterocycles. The molecule has 110 valence electrons. The first-order valence-corrected chi connectivity index (χ1v) is 7.08. The molecule has 4 heteroatoms. The van der Waals surface area contributed by atoms with Crippen LogP contribution in [-0.2, 0) is 6.54 Å². The fourth-order valence-electron chi connectivity index (χ4n) is 2.10. The van der Waals surface area contributed by atoms with Crippen LogP contribution in [0.3, 0.4) is 0 Å². The van der Waals surface area contributed by atoms with Gasteiger partial charge in [0.2, 0.25) is 5.95 Å². The van der Waals surface area contributed by atoms with Crippen molar-refractivity contribution >= 4 is 5.91 Å². The van der Waals surface area contributed by atoms with Crippen LogP contribution in [0.2, 0.25) is 0 Å². The molecule has 0 fully saturated rings. The second-order valence-corrected chi connectivity index (χ2v) is 5.05. The van der Waals surface area contributed by atoms with Crippen molar-refractivity contribution in [1.29, 1.82) is 0 Å². The minimum absolute atomic E-state index is 0.0998. The molecule has 21 heavy (non-hydrogen) atoms. The van der Waals surface area contributed by atoms with Crippen LogP contribution in [-0.4, -0.2) is 21.8 Å². The van der Waals surface area contributed by atoms with Gasteiger partial charge in [-0.05, 0) is 31.0 Å². The van der Waals surface area contributed by atoms with Gasteiger partial charge in [0, 0.05) is 18.8 Å². The zero-order chi connectivity index (χ0) is 15.2. The van der Waals surface area contributed by atoms with Gasteiger partial charge in [-0.2, -0.15) is 4.39 Å². The molecule has 1 aromatic carbocycles. The fourth-order valence-corrected chi connectivity index (χ4v) is 2.10. The zero-order valence-corrected chi connectivity index (χ0v) is 12.3. The molecule has 1 atom stereocenters. The predicted octanol–water partition coefficient (Wildman–Crippen LogP) is 3.66. The number of carbonyl (C=O) groups excluding carboxylic acids is 1. The summed E-state index contributed by atoms with van der Waals surface area (Å²) in [5.41, 5.74) is 1.48. The molecule has 0 N–H and O–H groups in total. The summed E-state index contributed by atoms with van der Waals surface area (Å²) in [7, 11) is 0. The first-order chi connectivity index (χ1) is 10.1. The molecule has 0 radical (unpaired) electrons. The van der Waals surface area contributed by atoms with Gasteiger partial charge in [-0.25, -0.2) is 4.98 Å². The molecule has 2 aromatic rings. The Hall–Kier alpha value is -2.23. The molecule has 2 rings (SSSR count). The molecule has 1 amide bonds. The van der Waals surface area contributed by atoms with Crippen molar-refractivity contribution in [1.82, 2.24) is 9.88 Å². The van der Waals surface area contributed by atoms with Crippen molar-refractivity contribution in [3.05, 3.63) is 65.7 Å². The van der Waals surface area contributed by atoms with Gasteiger partial charge in [-0.15, -0.1) is 0 Å². The van der Waals surface area contributed by atoms with E-state index in [0.29, 0.717) is 12.1 Å². The highest BCUT2D eigenvalue weighted by molar-refractivity contribution is 5.94. The summed E-state index contributed by atoms with van der Waals surface area (Å²) in [6, 6.07) is 12.6. The summed E-state index contributed by atoms with van der Waals surface area (Å²) >= 11 is 0. The van der Waals surface area contributed by atoms with E-state index in [-0.39, 0.29) is 11.9 Å². The number of rotatable bonds is 5. The van der Waals surface area contributed by atoms with Crippen LogP contribution in [0, 0.1) is 5.95 Å². The van der Waals surface area contributed by atoms with E-state index in [1.807, 2.05) is 44.2 Å². The highest BCUT2D eigenvalue weighted by atomic mass is 19.1. The van der Waals surface area contributed by atoms with Gasteiger partial charge in [-0.3, -0.25) is 4.79 Å². The maximum Gasteiger partial charge on any atom is 0.255 e. The Morgan fingerprint density at radius 1 is 1.24 bits per heavy atom. The number of carbonyl (C=O) groups is 1. The van der Waals surface area contributed by atoms with Crippen LogP contribution in [0.25, 0.3) is 0 Å². The first kappa shape index (κ1) is 15.2. The summed E-state index contributed by atoms with van der Waals surface area (Å²) in [6.07, 6.45) is 2.14. The monoisotopic (exact) mass is 286 g/mol. The van der Waals surface area contributed by atoms with Gasteiger partial charge >= 0.3 is 0 Å². The molecule has 1 unspecified atom stereocenters. The molecule has 1 aromatic heterocycles. The topological polar surface area (TPSA) is 33.2 Å². The van der Waals surface area contributed by atoms with Gasteiger partial charge < -0.3 is 4.90 Å². The molecule has 0 spiro atoms. The largest absolute Gasteiger partial charge is 0.332 e.